The number of rotatable bonds is 6. The lowest BCUT2D eigenvalue weighted by molar-refractivity contribution is 0.0950. The fourth-order valence-electron chi connectivity index (χ4n) is 2.14. The van der Waals surface area contributed by atoms with Gasteiger partial charge in [0.2, 0.25) is 5.75 Å². The van der Waals surface area contributed by atoms with Gasteiger partial charge in [0, 0.05) is 17.1 Å². The molecule has 122 valence electrons. The molecule has 6 heteroatoms. The van der Waals surface area contributed by atoms with E-state index in [0.717, 1.165) is 5.56 Å². The van der Waals surface area contributed by atoms with Crippen molar-refractivity contribution in [3.63, 3.8) is 0 Å². The summed E-state index contributed by atoms with van der Waals surface area (Å²) in [5.74, 6) is 1.06. The summed E-state index contributed by atoms with van der Waals surface area (Å²) in [6.45, 7) is 0.371. The molecule has 2 aromatic carbocycles. The van der Waals surface area contributed by atoms with E-state index in [0.29, 0.717) is 34.4 Å². The quantitative estimate of drug-likeness (QED) is 0.880. The fraction of sp³-hybridized carbons (Fsp3) is 0.235. The number of methoxy groups -OCH3 is 3. The van der Waals surface area contributed by atoms with Gasteiger partial charge in [-0.05, 0) is 29.8 Å². The number of amides is 1. The molecule has 0 saturated carbocycles. The first-order chi connectivity index (χ1) is 11.1. The predicted molar refractivity (Wildman–Crippen MR) is 88.7 cm³/mol. The molecule has 0 aliphatic heterocycles. The van der Waals surface area contributed by atoms with Crippen LogP contribution in [0.3, 0.4) is 0 Å². The maximum absolute atomic E-state index is 12.3. The summed E-state index contributed by atoms with van der Waals surface area (Å²) in [5, 5.41) is 3.46. The topological polar surface area (TPSA) is 56.8 Å². The molecule has 0 saturated heterocycles. The van der Waals surface area contributed by atoms with Crippen molar-refractivity contribution in [2.45, 2.75) is 6.54 Å². The lowest BCUT2D eigenvalue weighted by atomic mass is 10.1. The molecule has 0 fully saturated rings. The minimum atomic E-state index is -0.246. The molecule has 0 aromatic heterocycles. The smallest absolute Gasteiger partial charge is 0.251 e. The maximum Gasteiger partial charge on any atom is 0.251 e. The highest BCUT2D eigenvalue weighted by Crippen LogP contribution is 2.38. The van der Waals surface area contributed by atoms with E-state index >= 15 is 0 Å². The van der Waals surface area contributed by atoms with Gasteiger partial charge in [-0.1, -0.05) is 23.7 Å². The van der Waals surface area contributed by atoms with Gasteiger partial charge in [0.1, 0.15) is 0 Å². The highest BCUT2D eigenvalue weighted by molar-refractivity contribution is 6.30. The molecule has 0 spiro atoms. The van der Waals surface area contributed by atoms with Crippen molar-refractivity contribution in [3.8, 4) is 17.2 Å². The minimum Gasteiger partial charge on any atom is -0.493 e. The molecule has 1 amide bonds. The van der Waals surface area contributed by atoms with Gasteiger partial charge < -0.3 is 19.5 Å². The Morgan fingerprint density at radius 2 is 1.70 bits per heavy atom. The Bertz CT molecular complexity index is 678. The number of benzene rings is 2. The van der Waals surface area contributed by atoms with Crippen molar-refractivity contribution in [3.05, 3.63) is 52.5 Å². The lowest BCUT2D eigenvalue weighted by Gasteiger charge is -2.14. The number of halogens is 1. The van der Waals surface area contributed by atoms with Crippen LogP contribution < -0.4 is 19.5 Å². The number of carbonyl (C=O) groups is 1. The van der Waals surface area contributed by atoms with Crippen LogP contribution in [0.25, 0.3) is 0 Å². The number of carbonyl (C=O) groups excluding carboxylic acids is 1. The van der Waals surface area contributed by atoms with Crippen LogP contribution in [0.2, 0.25) is 5.02 Å². The summed E-state index contributed by atoms with van der Waals surface area (Å²) in [5.41, 5.74) is 1.33. The van der Waals surface area contributed by atoms with Crippen molar-refractivity contribution in [1.29, 1.82) is 0 Å². The molecule has 1 N–H and O–H groups in total. The molecular weight excluding hydrogens is 318 g/mol. The Morgan fingerprint density at radius 3 is 2.22 bits per heavy atom. The van der Waals surface area contributed by atoms with Crippen LogP contribution in [-0.2, 0) is 6.54 Å². The number of nitrogens with one attached hydrogen (secondary N) is 1. The molecule has 0 heterocycles. The average molecular weight is 336 g/mol. The van der Waals surface area contributed by atoms with Crippen LogP contribution in [0, 0.1) is 0 Å². The number of ether oxygens (including phenoxy) is 3. The summed E-state index contributed by atoms with van der Waals surface area (Å²) < 4.78 is 15.7. The molecule has 2 rings (SSSR count). The number of hydrogen-bond donors (Lipinski definition) is 1. The molecule has 0 bridgehead atoms. The van der Waals surface area contributed by atoms with Crippen molar-refractivity contribution in [2.75, 3.05) is 21.3 Å². The van der Waals surface area contributed by atoms with Crippen LogP contribution in [0.4, 0.5) is 0 Å². The van der Waals surface area contributed by atoms with E-state index < -0.39 is 0 Å². The standard InChI is InChI=1S/C17H18ClNO4/c1-21-14-8-12(9-15(22-2)16(14)23-3)17(20)19-10-11-5-4-6-13(18)7-11/h4-9H,10H2,1-3H3,(H,19,20). The first kappa shape index (κ1) is 17.0. The van der Waals surface area contributed by atoms with Crippen molar-refractivity contribution < 1.29 is 19.0 Å². The van der Waals surface area contributed by atoms with E-state index in [4.69, 9.17) is 25.8 Å². The van der Waals surface area contributed by atoms with Crippen molar-refractivity contribution in [1.82, 2.24) is 5.32 Å². The van der Waals surface area contributed by atoms with Gasteiger partial charge in [0.15, 0.2) is 11.5 Å². The monoisotopic (exact) mass is 335 g/mol. The van der Waals surface area contributed by atoms with Gasteiger partial charge in [-0.25, -0.2) is 0 Å². The Balaban J connectivity index is 2.18. The average Bonchev–Trinajstić information content (AvgIpc) is 2.58. The molecule has 0 radical (unpaired) electrons. The van der Waals surface area contributed by atoms with Crippen molar-refractivity contribution >= 4 is 17.5 Å². The van der Waals surface area contributed by atoms with E-state index in [1.54, 1.807) is 24.3 Å². The Morgan fingerprint density at radius 1 is 1.04 bits per heavy atom. The Labute approximate surface area is 140 Å². The second-order valence-electron chi connectivity index (χ2n) is 4.73. The third kappa shape index (κ3) is 4.07. The van der Waals surface area contributed by atoms with Crippen LogP contribution in [0.1, 0.15) is 15.9 Å². The van der Waals surface area contributed by atoms with E-state index in [1.165, 1.54) is 21.3 Å². The van der Waals surface area contributed by atoms with Gasteiger partial charge in [-0.2, -0.15) is 0 Å². The van der Waals surface area contributed by atoms with Crippen LogP contribution in [-0.4, -0.2) is 27.2 Å². The van der Waals surface area contributed by atoms with Gasteiger partial charge in [-0.15, -0.1) is 0 Å². The molecule has 5 nitrogen and oxygen atoms in total. The normalized spacial score (nSPS) is 10.1. The zero-order chi connectivity index (χ0) is 16.8. The van der Waals surface area contributed by atoms with Gasteiger partial charge in [0.05, 0.1) is 21.3 Å². The number of hydrogen-bond acceptors (Lipinski definition) is 4. The molecule has 0 unspecified atom stereocenters. The maximum atomic E-state index is 12.3. The summed E-state index contributed by atoms with van der Waals surface area (Å²) in [6, 6.07) is 10.5. The summed E-state index contributed by atoms with van der Waals surface area (Å²) in [7, 11) is 4.52. The predicted octanol–water partition coefficient (Wildman–Crippen LogP) is 3.30. The third-order valence-electron chi connectivity index (χ3n) is 3.27. The first-order valence-electron chi connectivity index (χ1n) is 6.91. The molecule has 0 atom stereocenters. The van der Waals surface area contributed by atoms with Crippen LogP contribution in [0.5, 0.6) is 17.2 Å². The lowest BCUT2D eigenvalue weighted by Crippen LogP contribution is -2.23. The van der Waals surface area contributed by atoms with E-state index in [1.807, 2.05) is 12.1 Å². The summed E-state index contributed by atoms with van der Waals surface area (Å²) in [4.78, 5) is 12.3. The van der Waals surface area contributed by atoms with Gasteiger partial charge in [0.25, 0.3) is 5.91 Å². The Hall–Kier alpha value is -2.40. The van der Waals surface area contributed by atoms with E-state index in [-0.39, 0.29) is 5.91 Å². The highest BCUT2D eigenvalue weighted by Gasteiger charge is 2.16. The zero-order valence-corrected chi connectivity index (χ0v) is 13.9. The Kier molecular flexibility index (Phi) is 5.71. The minimum absolute atomic E-state index is 0.246. The fourth-order valence-corrected chi connectivity index (χ4v) is 2.36. The molecule has 0 aliphatic rings. The van der Waals surface area contributed by atoms with E-state index in [2.05, 4.69) is 5.32 Å². The summed E-state index contributed by atoms with van der Waals surface area (Å²) >= 11 is 5.93. The van der Waals surface area contributed by atoms with Crippen molar-refractivity contribution in [2.24, 2.45) is 0 Å². The largest absolute Gasteiger partial charge is 0.493 e. The van der Waals surface area contributed by atoms with Crippen LogP contribution >= 0.6 is 11.6 Å². The summed E-state index contributed by atoms with van der Waals surface area (Å²) in [6.07, 6.45) is 0. The molecule has 0 aliphatic carbocycles. The second-order valence-corrected chi connectivity index (χ2v) is 5.16. The molecular formula is C17H18ClNO4. The van der Waals surface area contributed by atoms with Gasteiger partial charge >= 0.3 is 0 Å². The van der Waals surface area contributed by atoms with E-state index in [9.17, 15) is 4.79 Å². The second kappa shape index (κ2) is 7.74. The SMILES string of the molecule is COc1cc(C(=O)NCc2cccc(Cl)c2)cc(OC)c1OC. The van der Waals surface area contributed by atoms with Crippen LogP contribution in [0.15, 0.2) is 36.4 Å². The molecule has 23 heavy (non-hydrogen) atoms. The zero-order valence-electron chi connectivity index (χ0n) is 13.2. The molecule has 2 aromatic rings. The first-order valence-corrected chi connectivity index (χ1v) is 7.29. The third-order valence-corrected chi connectivity index (χ3v) is 3.50. The van der Waals surface area contributed by atoms with Gasteiger partial charge in [-0.3, -0.25) is 4.79 Å². The highest BCUT2D eigenvalue weighted by atomic mass is 35.5.